The Morgan fingerprint density at radius 1 is 1.05 bits per heavy atom. The summed E-state index contributed by atoms with van der Waals surface area (Å²) in [5, 5.41) is 8.21. The van der Waals surface area contributed by atoms with E-state index in [0.717, 1.165) is 19.5 Å². The molecule has 3 rings (SSSR count). The van der Waals surface area contributed by atoms with Crippen molar-refractivity contribution in [1.82, 2.24) is 10.2 Å². The van der Waals surface area contributed by atoms with Crippen LogP contribution in [0.3, 0.4) is 0 Å². The molecule has 0 fully saturated rings. The van der Waals surface area contributed by atoms with Gasteiger partial charge in [-0.15, -0.1) is 10.2 Å². The van der Waals surface area contributed by atoms with Crippen LogP contribution in [0.1, 0.15) is 39.5 Å². The molecule has 0 aliphatic carbocycles. The van der Waals surface area contributed by atoms with E-state index in [1.165, 1.54) is 11.4 Å². The summed E-state index contributed by atoms with van der Waals surface area (Å²) in [7, 11) is 0. The number of benzene rings is 1. The predicted molar refractivity (Wildman–Crippen MR) is 88.3 cm³/mol. The third-order valence-electron chi connectivity index (χ3n) is 4.05. The standard InChI is InChI=1S/C17H24N4O/c1-5-15-18-19-16(22-15)12-20-10-11-21(17(2,3)4)14-9-7-6-8-13(14)20/h6-9H,5,10-12H2,1-4H3. The zero-order valence-corrected chi connectivity index (χ0v) is 13.8. The van der Waals surface area contributed by atoms with Crippen LogP contribution in [0.15, 0.2) is 28.7 Å². The molecule has 1 aliphatic rings. The molecule has 1 aliphatic heterocycles. The summed E-state index contributed by atoms with van der Waals surface area (Å²) in [6.45, 7) is 11.4. The van der Waals surface area contributed by atoms with Crippen LogP contribution in [0, 0.1) is 0 Å². The highest BCUT2D eigenvalue weighted by Crippen LogP contribution is 2.37. The molecule has 1 aromatic heterocycles. The number of aromatic nitrogens is 2. The van der Waals surface area contributed by atoms with E-state index in [1.54, 1.807) is 0 Å². The molecule has 0 saturated heterocycles. The molecule has 5 heteroatoms. The van der Waals surface area contributed by atoms with Crippen LogP contribution in [-0.4, -0.2) is 28.8 Å². The number of rotatable bonds is 3. The van der Waals surface area contributed by atoms with Crippen LogP contribution < -0.4 is 9.80 Å². The minimum Gasteiger partial charge on any atom is -0.423 e. The number of hydrogen-bond acceptors (Lipinski definition) is 5. The van der Waals surface area contributed by atoms with Crippen molar-refractivity contribution in [3.8, 4) is 0 Å². The van der Waals surface area contributed by atoms with Crippen molar-refractivity contribution in [2.75, 3.05) is 22.9 Å². The predicted octanol–water partition coefficient (Wildman–Crippen LogP) is 3.26. The van der Waals surface area contributed by atoms with Crippen LogP contribution >= 0.6 is 0 Å². The molecule has 2 aromatic rings. The van der Waals surface area contributed by atoms with Crippen LogP contribution in [-0.2, 0) is 13.0 Å². The molecule has 0 saturated carbocycles. The Balaban J connectivity index is 1.88. The summed E-state index contributed by atoms with van der Waals surface area (Å²) in [5.74, 6) is 1.40. The Hall–Kier alpha value is -2.04. The van der Waals surface area contributed by atoms with E-state index in [1.807, 2.05) is 6.92 Å². The molecule has 0 spiro atoms. The van der Waals surface area contributed by atoms with Gasteiger partial charge in [-0.05, 0) is 32.9 Å². The minimum absolute atomic E-state index is 0.113. The Bertz CT molecular complexity index is 644. The van der Waals surface area contributed by atoms with Crippen LogP contribution in [0.4, 0.5) is 11.4 Å². The fraction of sp³-hybridized carbons (Fsp3) is 0.529. The lowest BCUT2D eigenvalue weighted by Gasteiger charge is -2.45. The van der Waals surface area contributed by atoms with Crippen LogP contribution in [0.5, 0.6) is 0 Å². The van der Waals surface area contributed by atoms with E-state index in [9.17, 15) is 0 Å². The summed E-state index contributed by atoms with van der Waals surface area (Å²) in [5.41, 5.74) is 2.62. The molecule has 118 valence electrons. The van der Waals surface area contributed by atoms with Gasteiger partial charge < -0.3 is 14.2 Å². The lowest BCUT2D eigenvalue weighted by atomic mass is 10.0. The van der Waals surface area contributed by atoms with Crippen molar-refractivity contribution in [2.45, 2.75) is 46.2 Å². The zero-order chi connectivity index (χ0) is 15.7. The normalized spacial score (nSPS) is 15.1. The van der Waals surface area contributed by atoms with E-state index in [4.69, 9.17) is 4.42 Å². The monoisotopic (exact) mass is 300 g/mol. The topological polar surface area (TPSA) is 45.4 Å². The van der Waals surface area contributed by atoms with Crippen molar-refractivity contribution in [2.24, 2.45) is 0 Å². The Kier molecular flexibility index (Phi) is 3.81. The maximum Gasteiger partial charge on any atom is 0.235 e. The van der Waals surface area contributed by atoms with E-state index in [0.29, 0.717) is 18.3 Å². The van der Waals surface area contributed by atoms with Crippen LogP contribution in [0.25, 0.3) is 0 Å². The van der Waals surface area contributed by atoms with Gasteiger partial charge in [0.05, 0.1) is 17.9 Å². The fourth-order valence-corrected chi connectivity index (χ4v) is 2.94. The molecule has 2 heterocycles. The molecule has 22 heavy (non-hydrogen) atoms. The minimum atomic E-state index is 0.113. The van der Waals surface area contributed by atoms with E-state index in [-0.39, 0.29) is 5.54 Å². The van der Waals surface area contributed by atoms with Gasteiger partial charge in [-0.2, -0.15) is 0 Å². The first-order valence-corrected chi connectivity index (χ1v) is 7.92. The van der Waals surface area contributed by atoms with E-state index < -0.39 is 0 Å². The first-order valence-electron chi connectivity index (χ1n) is 7.92. The van der Waals surface area contributed by atoms with Crippen LogP contribution in [0.2, 0.25) is 0 Å². The molecule has 0 N–H and O–H groups in total. The smallest absolute Gasteiger partial charge is 0.235 e. The SMILES string of the molecule is CCc1nnc(CN2CCN(C(C)(C)C)c3ccccc32)o1. The highest BCUT2D eigenvalue weighted by atomic mass is 16.4. The maximum atomic E-state index is 5.67. The number of hydrogen-bond donors (Lipinski definition) is 0. The number of para-hydroxylation sites is 2. The van der Waals surface area contributed by atoms with Gasteiger partial charge in [-0.1, -0.05) is 19.1 Å². The molecule has 0 atom stereocenters. The van der Waals surface area contributed by atoms with Gasteiger partial charge in [0.1, 0.15) is 0 Å². The van der Waals surface area contributed by atoms with E-state index >= 15 is 0 Å². The summed E-state index contributed by atoms with van der Waals surface area (Å²) >= 11 is 0. The average molecular weight is 300 g/mol. The molecule has 0 bridgehead atoms. The van der Waals surface area contributed by atoms with Gasteiger partial charge in [0, 0.05) is 25.0 Å². The highest BCUT2D eigenvalue weighted by Gasteiger charge is 2.30. The molecule has 0 amide bonds. The van der Waals surface area contributed by atoms with Gasteiger partial charge in [-0.3, -0.25) is 0 Å². The number of anilines is 2. The first-order chi connectivity index (χ1) is 10.5. The molecular formula is C17H24N4O. The zero-order valence-electron chi connectivity index (χ0n) is 13.8. The molecule has 1 aromatic carbocycles. The molecule has 0 radical (unpaired) electrons. The largest absolute Gasteiger partial charge is 0.423 e. The second-order valence-electron chi connectivity index (χ2n) is 6.68. The fourth-order valence-electron chi connectivity index (χ4n) is 2.94. The second-order valence-corrected chi connectivity index (χ2v) is 6.68. The van der Waals surface area contributed by atoms with E-state index in [2.05, 4.69) is 65.0 Å². The molecule has 0 unspecified atom stereocenters. The van der Waals surface area contributed by atoms with Gasteiger partial charge in [-0.25, -0.2) is 0 Å². The summed E-state index contributed by atoms with van der Waals surface area (Å²) in [6, 6.07) is 8.55. The summed E-state index contributed by atoms with van der Waals surface area (Å²) < 4.78 is 5.67. The quantitative estimate of drug-likeness (QED) is 0.870. The number of aryl methyl sites for hydroxylation is 1. The highest BCUT2D eigenvalue weighted by molar-refractivity contribution is 5.74. The number of fused-ring (bicyclic) bond motifs is 1. The summed E-state index contributed by atoms with van der Waals surface area (Å²) in [4.78, 5) is 4.79. The first kappa shape index (κ1) is 14.9. The van der Waals surface area contributed by atoms with Crippen molar-refractivity contribution in [3.05, 3.63) is 36.0 Å². The third-order valence-corrected chi connectivity index (χ3v) is 4.05. The lowest BCUT2D eigenvalue weighted by Crippen LogP contribution is -2.49. The Morgan fingerprint density at radius 3 is 2.36 bits per heavy atom. The van der Waals surface area contributed by atoms with Gasteiger partial charge in [0.25, 0.3) is 0 Å². The summed E-state index contributed by atoms with van der Waals surface area (Å²) in [6.07, 6.45) is 0.779. The van der Waals surface area contributed by atoms with Crippen molar-refractivity contribution in [3.63, 3.8) is 0 Å². The second kappa shape index (κ2) is 5.63. The molecular weight excluding hydrogens is 276 g/mol. The molecule has 5 nitrogen and oxygen atoms in total. The van der Waals surface area contributed by atoms with Gasteiger partial charge in [0.15, 0.2) is 0 Å². The Labute approximate surface area is 131 Å². The van der Waals surface area contributed by atoms with Gasteiger partial charge in [0.2, 0.25) is 11.8 Å². The van der Waals surface area contributed by atoms with Crippen molar-refractivity contribution < 1.29 is 4.42 Å². The maximum absolute atomic E-state index is 5.67. The van der Waals surface area contributed by atoms with Gasteiger partial charge >= 0.3 is 0 Å². The van der Waals surface area contributed by atoms with Crippen molar-refractivity contribution >= 4 is 11.4 Å². The lowest BCUT2D eigenvalue weighted by molar-refractivity contribution is 0.442. The average Bonchev–Trinajstić information content (AvgIpc) is 2.94. The third kappa shape index (κ3) is 2.80. The number of nitrogens with zero attached hydrogens (tertiary/aromatic N) is 4. The Morgan fingerprint density at radius 2 is 1.73 bits per heavy atom. The van der Waals surface area contributed by atoms with Crippen molar-refractivity contribution in [1.29, 1.82) is 0 Å².